The minimum absolute atomic E-state index is 0.132. The van der Waals surface area contributed by atoms with Gasteiger partial charge in [-0.2, -0.15) is 13.2 Å². The molecule has 9 heteroatoms. The van der Waals surface area contributed by atoms with E-state index in [1.807, 2.05) is 4.72 Å². The Morgan fingerprint density at radius 2 is 1.80 bits per heavy atom. The summed E-state index contributed by atoms with van der Waals surface area (Å²) in [6, 6.07) is 7.50. The quantitative estimate of drug-likeness (QED) is 0.872. The molecule has 0 amide bonds. The number of benzene rings is 1. The maximum atomic E-state index is 12.4. The number of hydrogen-bond donors (Lipinski definition) is 1. The Bertz CT molecular complexity index is 558. The highest BCUT2D eigenvalue weighted by molar-refractivity contribution is 8.07. The standard InChI is InChI=1S/C11H14F3NO3S2/c1-2-19(16)10(8-11(12,13)14)20(17,18)15-9-6-4-3-5-7-9/h3-7,10,15H,2,8H2,1H3. The Balaban J connectivity index is 3.02. The summed E-state index contributed by atoms with van der Waals surface area (Å²) in [5, 5.41) is 0. The molecule has 0 aliphatic carbocycles. The van der Waals surface area contributed by atoms with Crippen molar-refractivity contribution < 1.29 is 25.8 Å². The van der Waals surface area contributed by atoms with Crippen molar-refractivity contribution in [1.29, 1.82) is 0 Å². The number of rotatable bonds is 6. The second-order valence-corrected chi connectivity index (χ2v) is 8.00. The molecule has 4 nitrogen and oxygen atoms in total. The monoisotopic (exact) mass is 329 g/mol. The molecule has 0 saturated carbocycles. The van der Waals surface area contributed by atoms with E-state index in [2.05, 4.69) is 0 Å². The third kappa shape index (κ3) is 5.12. The highest BCUT2D eigenvalue weighted by Gasteiger charge is 2.41. The molecule has 1 aromatic rings. The lowest BCUT2D eigenvalue weighted by Gasteiger charge is -2.19. The molecule has 0 spiro atoms. The van der Waals surface area contributed by atoms with Gasteiger partial charge in [0.15, 0.2) is 4.58 Å². The van der Waals surface area contributed by atoms with Crippen LogP contribution in [0.5, 0.6) is 0 Å². The fourth-order valence-corrected chi connectivity index (χ4v) is 4.89. The maximum absolute atomic E-state index is 12.4. The highest BCUT2D eigenvalue weighted by Crippen LogP contribution is 2.27. The van der Waals surface area contributed by atoms with Gasteiger partial charge in [0.2, 0.25) is 10.0 Å². The lowest BCUT2D eigenvalue weighted by Crippen LogP contribution is -2.36. The molecule has 1 rings (SSSR count). The highest BCUT2D eigenvalue weighted by atomic mass is 32.3. The van der Waals surface area contributed by atoms with Crippen molar-refractivity contribution in [1.82, 2.24) is 0 Å². The molecule has 20 heavy (non-hydrogen) atoms. The maximum Gasteiger partial charge on any atom is 0.391 e. The molecular formula is C11H14F3NO3S2. The number of nitrogens with one attached hydrogen (secondary N) is 1. The van der Waals surface area contributed by atoms with Gasteiger partial charge in [0.1, 0.15) is 0 Å². The molecule has 1 N–H and O–H groups in total. The van der Waals surface area contributed by atoms with Crippen LogP contribution in [0, 0.1) is 0 Å². The Morgan fingerprint density at radius 3 is 2.25 bits per heavy atom. The summed E-state index contributed by atoms with van der Waals surface area (Å²) in [6.45, 7) is 1.37. The summed E-state index contributed by atoms with van der Waals surface area (Å²) in [6.07, 6.45) is -6.35. The minimum atomic E-state index is -4.71. The molecule has 1 aromatic carbocycles. The van der Waals surface area contributed by atoms with Gasteiger partial charge in [0.05, 0.1) is 6.42 Å². The van der Waals surface area contributed by atoms with Gasteiger partial charge in [-0.25, -0.2) is 8.42 Å². The normalized spacial score (nSPS) is 15.6. The van der Waals surface area contributed by atoms with E-state index < -0.39 is 38.0 Å². The lowest BCUT2D eigenvalue weighted by atomic mass is 10.3. The molecule has 0 radical (unpaired) electrons. The van der Waals surface area contributed by atoms with Gasteiger partial charge in [-0.1, -0.05) is 25.1 Å². The zero-order valence-corrected chi connectivity index (χ0v) is 12.2. The van der Waals surface area contributed by atoms with Crippen LogP contribution in [-0.4, -0.2) is 29.1 Å². The van der Waals surface area contributed by atoms with Crippen LogP contribution in [0.25, 0.3) is 0 Å². The number of hydrogen-bond acceptors (Lipinski definition) is 3. The molecule has 2 atom stereocenters. The summed E-state index contributed by atoms with van der Waals surface area (Å²) in [4.78, 5) is 0. The summed E-state index contributed by atoms with van der Waals surface area (Å²) in [7, 11) is -6.51. The average Bonchev–Trinajstić information content (AvgIpc) is 2.34. The summed E-state index contributed by atoms with van der Waals surface area (Å²) < 4.78 is 72.9. The van der Waals surface area contributed by atoms with Crippen LogP contribution in [0.4, 0.5) is 18.9 Å². The summed E-state index contributed by atoms with van der Waals surface area (Å²) in [5.74, 6) is -0.170. The molecule has 0 fully saturated rings. The topological polar surface area (TPSA) is 63.2 Å². The van der Waals surface area contributed by atoms with Crippen LogP contribution in [0.15, 0.2) is 30.3 Å². The molecule has 0 aromatic heterocycles. The van der Waals surface area contributed by atoms with Gasteiger partial charge < -0.3 is 0 Å². The number of halogens is 3. The van der Waals surface area contributed by atoms with Gasteiger partial charge in [-0.15, -0.1) is 0 Å². The predicted molar refractivity (Wildman–Crippen MR) is 72.1 cm³/mol. The molecule has 0 aliphatic rings. The number of anilines is 1. The Kier molecular flexibility index (Phi) is 5.58. The van der Waals surface area contributed by atoms with Crippen LogP contribution in [0.1, 0.15) is 13.3 Å². The first-order valence-corrected chi connectivity index (χ1v) is 8.59. The third-order valence-corrected chi connectivity index (χ3v) is 6.46. The molecule has 0 bridgehead atoms. The fraction of sp³-hybridized carbons (Fsp3) is 0.455. The van der Waals surface area contributed by atoms with E-state index in [0.717, 1.165) is 0 Å². The first-order valence-electron chi connectivity index (χ1n) is 5.66. The third-order valence-electron chi connectivity index (χ3n) is 2.36. The number of para-hydroxylation sites is 1. The molecule has 114 valence electrons. The number of alkyl halides is 3. The second kappa shape index (κ2) is 6.57. The van der Waals surface area contributed by atoms with E-state index in [1.165, 1.54) is 31.2 Å². The van der Waals surface area contributed by atoms with Gasteiger partial charge >= 0.3 is 6.18 Å². The van der Waals surface area contributed by atoms with Crippen LogP contribution in [0.3, 0.4) is 0 Å². The molecule has 2 unspecified atom stereocenters. The summed E-state index contributed by atoms with van der Waals surface area (Å²) >= 11 is 0. The second-order valence-electron chi connectivity index (χ2n) is 3.93. The van der Waals surface area contributed by atoms with Crippen LogP contribution in [-0.2, 0) is 20.8 Å². The van der Waals surface area contributed by atoms with E-state index in [0.29, 0.717) is 0 Å². The van der Waals surface area contributed by atoms with E-state index in [-0.39, 0.29) is 11.4 Å². The van der Waals surface area contributed by atoms with Gasteiger partial charge in [-0.05, 0) is 12.1 Å². The zero-order valence-electron chi connectivity index (χ0n) is 10.6. The van der Waals surface area contributed by atoms with E-state index in [4.69, 9.17) is 0 Å². The first kappa shape index (κ1) is 17.0. The van der Waals surface area contributed by atoms with Gasteiger partial charge in [0, 0.05) is 22.2 Å². The Hall–Kier alpha value is -1.09. The van der Waals surface area contributed by atoms with E-state index in [1.54, 1.807) is 6.07 Å². The Labute approximate surface area is 117 Å². The van der Waals surface area contributed by atoms with Crippen LogP contribution >= 0.6 is 0 Å². The van der Waals surface area contributed by atoms with Crippen molar-refractivity contribution in [2.24, 2.45) is 0 Å². The van der Waals surface area contributed by atoms with Crippen molar-refractivity contribution in [3.63, 3.8) is 0 Å². The van der Waals surface area contributed by atoms with Crippen molar-refractivity contribution in [2.45, 2.75) is 24.1 Å². The van der Waals surface area contributed by atoms with Crippen LogP contribution < -0.4 is 4.72 Å². The van der Waals surface area contributed by atoms with Gasteiger partial charge in [0.25, 0.3) is 0 Å². The van der Waals surface area contributed by atoms with Gasteiger partial charge in [-0.3, -0.25) is 8.93 Å². The van der Waals surface area contributed by atoms with Crippen LogP contribution in [0.2, 0.25) is 0 Å². The molecule has 0 saturated heterocycles. The lowest BCUT2D eigenvalue weighted by molar-refractivity contribution is -0.131. The SMILES string of the molecule is CCS(=O)C(CC(F)(F)F)S(=O)(=O)Nc1ccccc1. The predicted octanol–water partition coefficient (Wildman–Crippen LogP) is 2.48. The largest absolute Gasteiger partial charge is 0.391 e. The zero-order chi connectivity index (χ0) is 15.4. The fourth-order valence-electron chi connectivity index (χ4n) is 1.46. The average molecular weight is 329 g/mol. The van der Waals surface area contributed by atoms with Crippen molar-refractivity contribution in [3.05, 3.63) is 30.3 Å². The van der Waals surface area contributed by atoms with E-state index >= 15 is 0 Å². The Morgan fingerprint density at radius 1 is 1.25 bits per heavy atom. The van der Waals surface area contributed by atoms with Crippen molar-refractivity contribution in [2.75, 3.05) is 10.5 Å². The number of sulfonamides is 1. The smallest absolute Gasteiger partial charge is 0.283 e. The summed E-state index contributed by atoms with van der Waals surface area (Å²) in [5.41, 5.74) is 0.132. The molecule has 0 aliphatic heterocycles. The minimum Gasteiger partial charge on any atom is -0.283 e. The molecule has 0 heterocycles. The van der Waals surface area contributed by atoms with Crippen molar-refractivity contribution in [3.8, 4) is 0 Å². The molecular weight excluding hydrogens is 315 g/mol. The first-order chi connectivity index (χ1) is 9.15. The van der Waals surface area contributed by atoms with E-state index in [9.17, 15) is 25.8 Å². The van der Waals surface area contributed by atoms with Crippen molar-refractivity contribution >= 4 is 26.5 Å².